The third kappa shape index (κ3) is 6.49. The average Bonchev–Trinajstić information content (AvgIpc) is 4.03. The summed E-state index contributed by atoms with van der Waals surface area (Å²) in [6.45, 7) is 0. The Morgan fingerprint density at radius 1 is 0.214 bits per heavy atom. The van der Waals surface area contributed by atoms with E-state index in [9.17, 15) is 0 Å². The lowest BCUT2D eigenvalue weighted by molar-refractivity contribution is 0.630. The van der Waals surface area contributed by atoms with Crippen LogP contribution in [0.4, 0.5) is 0 Å². The lowest BCUT2D eigenvalue weighted by Gasteiger charge is -2.14. The van der Waals surface area contributed by atoms with Crippen molar-refractivity contribution in [3.05, 3.63) is 255 Å². The molecule has 0 bridgehead atoms. The van der Waals surface area contributed by atoms with Gasteiger partial charge in [-0.3, -0.25) is 0 Å². The van der Waals surface area contributed by atoms with Gasteiger partial charge in [0.1, 0.15) is 22.7 Å². The van der Waals surface area contributed by atoms with Crippen LogP contribution in [-0.2, 0) is 0 Å². The quantitative estimate of drug-likeness (QED) is 0.159. The Morgan fingerprint density at radius 3 is 1.09 bits per heavy atom. The van der Waals surface area contributed by atoms with Gasteiger partial charge >= 0.3 is 0 Å². The minimum atomic E-state index is 0.804. The summed E-state index contributed by atoms with van der Waals surface area (Å²) in [5.41, 5.74) is 14.2. The summed E-state index contributed by atoms with van der Waals surface area (Å²) in [5.74, 6) is 1.62. The van der Waals surface area contributed by atoms with Gasteiger partial charge in [0.05, 0.1) is 0 Å². The zero-order chi connectivity index (χ0) is 46.1. The van der Waals surface area contributed by atoms with Crippen LogP contribution in [0.1, 0.15) is 0 Å². The lowest BCUT2D eigenvalue weighted by atomic mass is 9.85. The molecular formula is C68H42O2. The Morgan fingerprint density at radius 2 is 0.571 bits per heavy atom. The van der Waals surface area contributed by atoms with Crippen LogP contribution >= 0.6 is 0 Å². The van der Waals surface area contributed by atoms with E-state index in [2.05, 4.69) is 255 Å². The predicted octanol–water partition coefficient (Wildman–Crippen LogP) is 19.5. The Bertz CT molecular complexity index is 4240. The molecule has 12 aromatic carbocycles. The molecule has 14 rings (SSSR count). The molecule has 326 valence electrons. The van der Waals surface area contributed by atoms with Crippen LogP contribution in [0.5, 0.6) is 0 Å². The van der Waals surface area contributed by atoms with Gasteiger partial charge in [-0.2, -0.15) is 0 Å². The number of fused-ring (bicyclic) bond motifs is 6. The highest BCUT2D eigenvalue weighted by Crippen LogP contribution is 2.56. The third-order valence-corrected chi connectivity index (χ3v) is 14.2. The van der Waals surface area contributed by atoms with Gasteiger partial charge in [0, 0.05) is 44.2 Å². The molecule has 0 saturated carbocycles. The predicted molar refractivity (Wildman–Crippen MR) is 294 cm³/mol. The molecule has 0 saturated heterocycles. The molecule has 70 heavy (non-hydrogen) atoms. The van der Waals surface area contributed by atoms with Crippen molar-refractivity contribution in [1.82, 2.24) is 0 Å². The fourth-order valence-corrected chi connectivity index (χ4v) is 10.9. The Labute approximate surface area is 405 Å². The van der Waals surface area contributed by atoms with Crippen LogP contribution in [0, 0.1) is 0 Å². The van der Waals surface area contributed by atoms with E-state index >= 15 is 0 Å². The number of hydrogen-bond donors (Lipinski definition) is 0. The largest absolute Gasteiger partial charge is 0.455 e. The molecule has 14 aromatic rings. The van der Waals surface area contributed by atoms with Gasteiger partial charge < -0.3 is 8.83 Å². The number of furan rings is 2. The molecule has 0 aliphatic carbocycles. The fraction of sp³-hybridized carbons (Fsp3) is 0. The first-order valence-electron chi connectivity index (χ1n) is 24.0. The summed E-state index contributed by atoms with van der Waals surface area (Å²) in [5, 5.41) is 11.4. The number of rotatable bonds is 7. The Balaban J connectivity index is 1.18. The number of hydrogen-bond acceptors (Lipinski definition) is 2. The van der Waals surface area contributed by atoms with Gasteiger partial charge in [-0.1, -0.05) is 237 Å². The van der Waals surface area contributed by atoms with Gasteiger partial charge in [0.2, 0.25) is 0 Å². The smallest absolute Gasteiger partial charge is 0.144 e. The highest BCUT2D eigenvalue weighted by Gasteiger charge is 2.32. The molecule has 0 spiro atoms. The second-order valence-corrected chi connectivity index (χ2v) is 18.3. The normalized spacial score (nSPS) is 11.7. The van der Waals surface area contributed by atoms with Gasteiger partial charge in [0.25, 0.3) is 0 Å². The van der Waals surface area contributed by atoms with E-state index in [4.69, 9.17) is 8.83 Å². The highest BCUT2D eigenvalue weighted by atomic mass is 16.3. The number of benzene rings is 12. The highest BCUT2D eigenvalue weighted by molar-refractivity contribution is 6.28. The van der Waals surface area contributed by atoms with Crippen LogP contribution in [-0.4, -0.2) is 0 Å². The summed E-state index contributed by atoms with van der Waals surface area (Å²) in [7, 11) is 0. The lowest BCUT2D eigenvalue weighted by Crippen LogP contribution is -1.90. The van der Waals surface area contributed by atoms with E-state index in [1.54, 1.807) is 0 Å². The SMILES string of the molecule is c1ccc(-c2c(-c3ccc4ccccc4c3)oc3c(-c4ccc5ccccc5c4)c4c(-c5ccccc5)c(-c5ccc6ccccc6c5)oc4c(-c4ccc(-c5cccc6ccccc56)cc4)c23)cc1. The van der Waals surface area contributed by atoms with Crippen LogP contribution in [0.2, 0.25) is 0 Å². The summed E-state index contributed by atoms with van der Waals surface area (Å²) < 4.78 is 15.4. The first-order valence-corrected chi connectivity index (χ1v) is 24.0. The maximum atomic E-state index is 7.73. The van der Waals surface area contributed by atoms with E-state index < -0.39 is 0 Å². The molecule has 2 heteroatoms. The first kappa shape index (κ1) is 39.9. The van der Waals surface area contributed by atoms with E-state index in [-0.39, 0.29) is 0 Å². The zero-order valence-electron chi connectivity index (χ0n) is 38.1. The summed E-state index contributed by atoms with van der Waals surface area (Å²) in [4.78, 5) is 0. The molecule has 2 nitrogen and oxygen atoms in total. The second-order valence-electron chi connectivity index (χ2n) is 18.3. The molecule has 2 aromatic heterocycles. The topological polar surface area (TPSA) is 26.3 Å². The van der Waals surface area contributed by atoms with Crippen molar-refractivity contribution < 1.29 is 8.83 Å². The average molecular weight is 891 g/mol. The molecular weight excluding hydrogens is 849 g/mol. The minimum Gasteiger partial charge on any atom is -0.455 e. The van der Waals surface area contributed by atoms with Crippen molar-refractivity contribution >= 4 is 65.0 Å². The van der Waals surface area contributed by atoms with Gasteiger partial charge in [-0.15, -0.1) is 0 Å². The van der Waals surface area contributed by atoms with Crippen molar-refractivity contribution in [3.63, 3.8) is 0 Å². The van der Waals surface area contributed by atoms with E-state index in [0.717, 1.165) is 111 Å². The van der Waals surface area contributed by atoms with Gasteiger partial charge in [-0.05, 0) is 94.7 Å². The molecule has 0 fully saturated rings. The van der Waals surface area contributed by atoms with Crippen molar-refractivity contribution in [2.24, 2.45) is 0 Å². The molecule has 0 aliphatic rings. The van der Waals surface area contributed by atoms with Crippen LogP contribution in [0.15, 0.2) is 264 Å². The van der Waals surface area contributed by atoms with E-state index in [0.29, 0.717) is 0 Å². The Hall–Kier alpha value is -9.24. The summed E-state index contributed by atoms with van der Waals surface area (Å²) >= 11 is 0. The summed E-state index contributed by atoms with van der Waals surface area (Å²) in [6.07, 6.45) is 0. The third-order valence-electron chi connectivity index (χ3n) is 14.2. The van der Waals surface area contributed by atoms with Crippen molar-refractivity contribution in [1.29, 1.82) is 0 Å². The molecule has 0 unspecified atom stereocenters. The summed E-state index contributed by atoms with van der Waals surface area (Å²) in [6, 6.07) is 91.6. The van der Waals surface area contributed by atoms with Crippen LogP contribution < -0.4 is 0 Å². The zero-order valence-corrected chi connectivity index (χ0v) is 38.1. The van der Waals surface area contributed by atoms with E-state index in [1.807, 2.05) is 0 Å². The van der Waals surface area contributed by atoms with E-state index in [1.165, 1.54) is 32.5 Å². The maximum absolute atomic E-state index is 7.73. The molecule has 0 aliphatic heterocycles. The molecule has 0 N–H and O–H groups in total. The van der Waals surface area contributed by atoms with Gasteiger partial charge in [0.15, 0.2) is 0 Å². The second kappa shape index (κ2) is 16.2. The van der Waals surface area contributed by atoms with Crippen LogP contribution in [0.3, 0.4) is 0 Å². The maximum Gasteiger partial charge on any atom is 0.144 e. The standard InChI is InChI=1S/C68H42O2/c1-3-20-48(21-4-1)59-63-61(50-35-33-47(34-36-50)58-29-15-27-46-19-13-14-28-57(46)58)67-64(60(49-22-5-2-6-23-49)66(69-67)56-39-32-45-18-9-12-26-53(45)42-56)62(54-37-30-43-16-7-10-24-51(43)40-54)68(63)70-65(59)55-38-31-44-17-8-11-25-52(44)41-55/h1-42H. The first-order chi connectivity index (χ1) is 34.7. The minimum absolute atomic E-state index is 0.804. The Kier molecular flexibility index (Phi) is 9.25. The van der Waals surface area contributed by atoms with Crippen molar-refractivity contribution in [2.45, 2.75) is 0 Å². The monoisotopic (exact) mass is 890 g/mol. The molecule has 0 atom stereocenters. The van der Waals surface area contributed by atoms with Crippen molar-refractivity contribution in [3.8, 4) is 78.3 Å². The molecule has 0 radical (unpaired) electrons. The van der Waals surface area contributed by atoms with Crippen LogP contribution in [0.25, 0.3) is 143 Å². The van der Waals surface area contributed by atoms with Gasteiger partial charge in [-0.25, -0.2) is 0 Å². The molecule has 2 heterocycles. The van der Waals surface area contributed by atoms with Crippen molar-refractivity contribution in [2.75, 3.05) is 0 Å². The molecule has 0 amide bonds. The fourth-order valence-electron chi connectivity index (χ4n) is 10.9.